The maximum Gasteiger partial charge on any atom is 0.189 e. The molecule has 1 saturated heterocycles. The fourth-order valence-electron chi connectivity index (χ4n) is 2.50. The van der Waals surface area contributed by atoms with Crippen LogP contribution in [0.4, 0.5) is 0 Å². The molecule has 1 fully saturated rings. The van der Waals surface area contributed by atoms with Gasteiger partial charge in [-0.05, 0) is 37.1 Å². The first-order chi connectivity index (χ1) is 8.34. The van der Waals surface area contributed by atoms with Gasteiger partial charge in [-0.15, -0.1) is 0 Å². The molecule has 0 bridgehead atoms. The summed E-state index contributed by atoms with van der Waals surface area (Å²) in [6.45, 7) is 2.00. The Kier molecular flexibility index (Phi) is 3.23. The summed E-state index contributed by atoms with van der Waals surface area (Å²) < 4.78 is 10.7. The van der Waals surface area contributed by atoms with Crippen molar-refractivity contribution in [2.45, 2.75) is 31.9 Å². The summed E-state index contributed by atoms with van der Waals surface area (Å²) in [4.78, 5) is 0. The number of piperidine rings is 1. The van der Waals surface area contributed by atoms with Crippen molar-refractivity contribution >= 4 is 11.6 Å². The summed E-state index contributed by atoms with van der Waals surface area (Å²) in [6, 6.07) is 4.41. The van der Waals surface area contributed by atoms with Gasteiger partial charge in [0.1, 0.15) is 5.75 Å². The zero-order chi connectivity index (χ0) is 11.7. The molecule has 1 aromatic rings. The summed E-state index contributed by atoms with van der Waals surface area (Å²) in [6.07, 6.45) is 3.66. The minimum atomic E-state index is 0.339. The van der Waals surface area contributed by atoms with E-state index in [0.29, 0.717) is 19.4 Å². The first kappa shape index (κ1) is 11.3. The van der Waals surface area contributed by atoms with Crippen LogP contribution in [0, 0.1) is 0 Å². The summed E-state index contributed by atoms with van der Waals surface area (Å²) in [5.41, 5.74) is 2.20. The van der Waals surface area contributed by atoms with Gasteiger partial charge >= 0.3 is 0 Å². The molecule has 4 heteroatoms. The molecule has 0 amide bonds. The second-order valence-electron chi connectivity index (χ2n) is 4.59. The van der Waals surface area contributed by atoms with Crippen LogP contribution >= 0.6 is 11.6 Å². The number of nitrogens with one attached hydrogen (secondary N) is 1. The summed E-state index contributed by atoms with van der Waals surface area (Å²) >= 11 is 6.34. The van der Waals surface area contributed by atoms with Crippen LogP contribution in [0.5, 0.6) is 5.75 Å². The van der Waals surface area contributed by atoms with Crippen LogP contribution in [0.3, 0.4) is 0 Å². The van der Waals surface area contributed by atoms with Gasteiger partial charge in [0.15, 0.2) is 6.79 Å². The molecule has 0 saturated carbocycles. The van der Waals surface area contributed by atoms with Gasteiger partial charge in [-0.3, -0.25) is 0 Å². The van der Waals surface area contributed by atoms with Crippen LogP contribution in [-0.4, -0.2) is 13.3 Å². The summed E-state index contributed by atoms with van der Waals surface area (Å²) in [5, 5.41) is 4.33. The van der Waals surface area contributed by atoms with E-state index in [0.717, 1.165) is 34.9 Å². The van der Waals surface area contributed by atoms with Crippen molar-refractivity contribution < 1.29 is 9.47 Å². The smallest absolute Gasteiger partial charge is 0.189 e. The van der Waals surface area contributed by atoms with Crippen LogP contribution in [0.25, 0.3) is 0 Å². The molecule has 3 rings (SSSR count). The van der Waals surface area contributed by atoms with Gasteiger partial charge in [0.25, 0.3) is 0 Å². The molecule has 1 aromatic carbocycles. The first-order valence-corrected chi connectivity index (χ1v) is 6.48. The van der Waals surface area contributed by atoms with E-state index in [1.54, 1.807) is 0 Å². The standard InChI is InChI=1S/C13H16ClNO2/c14-11-5-9-7-16-8-17-13(9)6-10(11)12-3-1-2-4-15-12/h5-6,12,15H,1-4,7-8H2. The Bertz CT molecular complexity index is 416. The molecule has 2 heterocycles. The van der Waals surface area contributed by atoms with Crippen molar-refractivity contribution in [2.24, 2.45) is 0 Å². The largest absolute Gasteiger partial charge is 0.467 e. The van der Waals surface area contributed by atoms with E-state index in [2.05, 4.69) is 11.4 Å². The topological polar surface area (TPSA) is 30.5 Å². The van der Waals surface area contributed by atoms with Gasteiger partial charge in [0.2, 0.25) is 0 Å². The third kappa shape index (κ3) is 2.28. The number of fused-ring (bicyclic) bond motifs is 1. The van der Waals surface area contributed by atoms with Gasteiger partial charge in [-0.1, -0.05) is 18.0 Å². The first-order valence-electron chi connectivity index (χ1n) is 6.11. The van der Waals surface area contributed by atoms with E-state index < -0.39 is 0 Å². The molecule has 1 atom stereocenters. The van der Waals surface area contributed by atoms with Gasteiger partial charge < -0.3 is 14.8 Å². The van der Waals surface area contributed by atoms with Gasteiger partial charge in [-0.25, -0.2) is 0 Å². The highest BCUT2D eigenvalue weighted by atomic mass is 35.5. The third-order valence-corrected chi connectivity index (χ3v) is 3.75. The minimum Gasteiger partial charge on any atom is -0.467 e. The Hall–Kier alpha value is -0.770. The molecule has 1 unspecified atom stereocenters. The van der Waals surface area contributed by atoms with E-state index in [-0.39, 0.29) is 0 Å². The van der Waals surface area contributed by atoms with E-state index in [9.17, 15) is 0 Å². The molecule has 1 N–H and O–H groups in total. The van der Waals surface area contributed by atoms with Gasteiger partial charge in [0, 0.05) is 16.6 Å². The molecule has 0 aromatic heterocycles. The van der Waals surface area contributed by atoms with Gasteiger partial charge in [-0.2, -0.15) is 0 Å². The summed E-state index contributed by atoms with van der Waals surface area (Å²) in [5.74, 6) is 0.919. The van der Waals surface area contributed by atoms with E-state index in [4.69, 9.17) is 21.1 Å². The molecule has 3 nitrogen and oxygen atoms in total. The SMILES string of the molecule is Clc1cc2c(cc1C1CCCCN1)OCOC2. The average molecular weight is 254 g/mol. The Labute approximate surface area is 106 Å². The molecule has 0 radical (unpaired) electrons. The van der Waals surface area contributed by atoms with E-state index in [1.807, 2.05) is 6.07 Å². The Morgan fingerprint density at radius 3 is 3.06 bits per heavy atom. The molecule has 2 aliphatic rings. The van der Waals surface area contributed by atoms with Gasteiger partial charge in [0.05, 0.1) is 6.61 Å². The number of hydrogen-bond acceptors (Lipinski definition) is 3. The van der Waals surface area contributed by atoms with Crippen LogP contribution in [0.2, 0.25) is 5.02 Å². The van der Waals surface area contributed by atoms with Crippen molar-refractivity contribution in [1.82, 2.24) is 5.32 Å². The third-order valence-electron chi connectivity index (χ3n) is 3.42. The highest BCUT2D eigenvalue weighted by Gasteiger charge is 2.21. The molecule has 0 aliphatic carbocycles. The zero-order valence-corrected chi connectivity index (χ0v) is 10.4. The zero-order valence-electron chi connectivity index (χ0n) is 9.67. The number of halogens is 1. The molecular weight excluding hydrogens is 238 g/mol. The van der Waals surface area contributed by atoms with Crippen molar-refractivity contribution in [1.29, 1.82) is 0 Å². The fourth-order valence-corrected chi connectivity index (χ4v) is 2.82. The lowest BCUT2D eigenvalue weighted by Gasteiger charge is -2.26. The quantitative estimate of drug-likeness (QED) is 0.835. The Balaban J connectivity index is 1.93. The number of hydrogen-bond donors (Lipinski definition) is 1. The maximum atomic E-state index is 6.34. The Morgan fingerprint density at radius 1 is 1.29 bits per heavy atom. The van der Waals surface area contributed by atoms with Crippen molar-refractivity contribution in [2.75, 3.05) is 13.3 Å². The van der Waals surface area contributed by atoms with Crippen LogP contribution in [0.1, 0.15) is 36.4 Å². The molecule has 0 spiro atoms. The molecule has 17 heavy (non-hydrogen) atoms. The lowest BCUT2D eigenvalue weighted by Crippen LogP contribution is -2.27. The summed E-state index contributed by atoms with van der Waals surface area (Å²) in [7, 11) is 0. The van der Waals surface area contributed by atoms with Crippen molar-refractivity contribution in [3.05, 3.63) is 28.3 Å². The second-order valence-corrected chi connectivity index (χ2v) is 5.00. The van der Waals surface area contributed by atoms with E-state index >= 15 is 0 Å². The lowest BCUT2D eigenvalue weighted by molar-refractivity contribution is -0.0164. The number of rotatable bonds is 1. The van der Waals surface area contributed by atoms with Crippen LogP contribution < -0.4 is 10.1 Å². The van der Waals surface area contributed by atoms with E-state index in [1.165, 1.54) is 12.8 Å². The second kappa shape index (κ2) is 4.84. The van der Waals surface area contributed by atoms with Crippen molar-refractivity contribution in [3.8, 4) is 5.75 Å². The monoisotopic (exact) mass is 253 g/mol. The predicted molar refractivity (Wildman–Crippen MR) is 66.3 cm³/mol. The molecule has 2 aliphatic heterocycles. The predicted octanol–water partition coefficient (Wildman–Crippen LogP) is 3.02. The fraction of sp³-hybridized carbons (Fsp3) is 0.538. The highest BCUT2D eigenvalue weighted by Crippen LogP contribution is 2.35. The Morgan fingerprint density at radius 2 is 2.24 bits per heavy atom. The number of benzene rings is 1. The van der Waals surface area contributed by atoms with Crippen LogP contribution in [-0.2, 0) is 11.3 Å². The van der Waals surface area contributed by atoms with Crippen molar-refractivity contribution in [3.63, 3.8) is 0 Å². The molecule has 92 valence electrons. The van der Waals surface area contributed by atoms with Crippen LogP contribution in [0.15, 0.2) is 12.1 Å². The highest BCUT2D eigenvalue weighted by molar-refractivity contribution is 6.31. The molecular formula is C13H16ClNO2. The normalized spacial score (nSPS) is 23.9. The maximum absolute atomic E-state index is 6.34. The average Bonchev–Trinajstić information content (AvgIpc) is 2.39. The number of ether oxygens (including phenoxy) is 2. The minimum absolute atomic E-state index is 0.339. The lowest BCUT2D eigenvalue weighted by atomic mass is 9.96.